The lowest BCUT2D eigenvalue weighted by Gasteiger charge is -2.11. The molecule has 0 radical (unpaired) electrons. The van der Waals surface area contributed by atoms with Crippen LogP contribution in [-0.2, 0) is 0 Å². The highest BCUT2D eigenvalue weighted by Gasteiger charge is 2.06. The number of ether oxygens (including phenoxy) is 1. The zero-order valence-electron chi connectivity index (χ0n) is 16.0. The van der Waals surface area contributed by atoms with Gasteiger partial charge in [0.25, 0.3) is 5.91 Å². The van der Waals surface area contributed by atoms with E-state index in [9.17, 15) is 4.79 Å². The molecule has 1 aromatic heterocycles. The van der Waals surface area contributed by atoms with E-state index < -0.39 is 0 Å². The third-order valence-corrected chi connectivity index (χ3v) is 3.59. The van der Waals surface area contributed by atoms with Crippen molar-refractivity contribution in [2.24, 2.45) is 0 Å². The quantitative estimate of drug-likeness (QED) is 0.675. The molecule has 1 aromatic carbocycles. The van der Waals surface area contributed by atoms with Crippen LogP contribution in [0, 0.1) is 0 Å². The van der Waals surface area contributed by atoms with E-state index in [1.165, 1.54) is 0 Å². The Balaban J connectivity index is 1.85. The van der Waals surface area contributed by atoms with Crippen molar-refractivity contribution in [3.05, 3.63) is 48.2 Å². The lowest BCUT2D eigenvalue weighted by Crippen LogP contribution is -2.27. The van der Waals surface area contributed by atoms with Gasteiger partial charge in [-0.2, -0.15) is 0 Å². The van der Waals surface area contributed by atoms with Gasteiger partial charge in [0.15, 0.2) is 0 Å². The number of rotatable bonds is 9. The number of nitrogens with one attached hydrogen (secondary N) is 2. The average Bonchev–Trinajstić information content (AvgIpc) is 2.60. The molecular weight excluding hydrogens is 328 g/mol. The summed E-state index contributed by atoms with van der Waals surface area (Å²) in [6.45, 7) is 5.59. The Morgan fingerprint density at radius 1 is 1.15 bits per heavy atom. The highest BCUT2D eigenvalue weighted by atomic mass is 16.5. The number of carbonyl (C=O) groups is 1. The number of hydrogen-bond donors (Lipinski definition) is 2. The van der Waals surface area contributed by atoms with Gasteiger partial charge in [-0.15, -0.1) is 0 Å². The second kappa shape index (κ2) is 9.77. The van der Waals surface area contributed by atoms with Gasteiger partial charge in [0, 0.05) is 18.4 Å². The molecule has 2 aromatic rings. The van der Waals surface area contributed by atoms with Gasteiger partial charge in [-0.1, -0.05) is 0 Å². The first-order valence-electron chi connectivity index (χ1n) is 8.87. The maximum atomic E-state index is 12.1. The molecule has 0 fully saturated rings. The Morgan fingerprint density at radius 3 is 2.46 bits per heavy atom. The van der Waals surface area contributed by atoms with Crippen molar-refractivity contribution in [3.8, 4) is 5.75 Å². The molecule has 0 saturated heterocycles. The highest BCUT2D eigenvalue weighted by molar-refractivity contribution is 5.94. The van der Waals surface area contributed by atoms with Crippen molar-refractivity contribution in [1.82, 2.24) is 15.2 Å². The van der Waals surface area contributed by atoms with E-state index in [4.69, 9.17) is 4.74 Å². The van der Waals surface area contributed by atoms with Crippen LogP contribution in [0.2, 0.25) is 0 Å². The lowest BCUT2D eigenvalue weighted by atomic mass is 10.2. The summed E-state index contributed by atoms with van der Waals surface area (Å²) in [4.78, 5) is 18.5. The summed E-state index contributed by atoms with van der Waals surface area (Å²) >= 11 is 0. The maximum absolute atomic E-state index is 12.1. The van der Waals surface area contributed by atoms with E-state index in [-0.39, 0.29) is 12.0 Å². The van der Waals surface area contributed by atoms with Gasteiger partial charge in [-0.3, -0.25) is 4.79 Å². The molecule has 140 valence electrons. The van der Waals surface area contributed by atoms with Gasteiger partial charge in [0.1, 0.15) is 11.6 Å². The Kier molecular flexibility index (Phi) is 7.41. The Morgan fingerprint density at radius 2 is 1.88 bits per heavy atom. The minimum Gasteiger partial charge on any atom is -0.491 e. The van der Waals surface area contributed by atoms with E-state index in [1.54, 1.807) is 18.3 Å². The average molecular weight is 356 g/mol. The van der Waals surface area contributed by atoms with Crippen LogP contribution < -0.4 is 15.4 Å². The van der Waals surface area contributed by atoms with E-state index in [2.05, 4.69) is 20.5 Å². The number of carbonyl (C=O) groups excluding carboxylic acids is 1. The number of anilines is 2. The molecule has 2 rings (SSSR count). The van der Waals surface area contributed by atoms with Crippen LogP contribution in [0.1, 0.15) is 30.6 Å². The fraction of sp³-hybridized carbons (Fsp3) is 0.400. The van der Waals surface area contributed by atoms with Crippen LogP contribution >= 0.6 is 0 Å². The standard InChI is InChI=1S/C20H28N4O2/c1-15(2)26-18-9-7-17(8-10-18)23-19-11-6-16(14-22-19)20(25)21-12-5-13-24(3)4/h6-11,14-15H,5,12-13H2,1-4H3,(H,21,25)(H,22,23). The van der Waals surface area contributed by atoms with E-state index in [1.807, 2.05) is 52.2 Å². The molecule has 0 aliphatic heterocycles. The van der Waals surface area contributed by atoms with Gasteiger partial charge >= 0.3 is 0 Å². The molecule has 0 aliphatic carbocycles. The number of aromatic nitrogens is 1. The zero-order chi connectivity index (χ0) is 18.9. The van der Waals surface area contributed by atoms with Gasteiger partial charge in [-0.05, 0) is 77.3 Å². The van der Waals surface area contributed by atoms with Crippen LogP contribution in [0.4, 0.5) is 11.5 Å². The summed E-state index contributed by atoms with van der Waals surface area (Å²) in [5.74, 6) is 1.42. The van der Waals surface area contributed by atoms with E-state index in [0.717, 1.165) is 24.4 Å². The van der Waals surface area contributed by atoms with Crippen molar-refractivity contribution < 1.29 is 9.53 Å². The van der Waals surface area contributed by atoms with Crippen LogP contribution in [-0.4, -0.2) is 49.1 Å². The SMILES string of the molecule is CC(C)Oc1ccc(Nc2ccc(C(=O)NCCCN(C)C)cn2)cc1. The molecule has 6 heteroatoms. The first kappa shape index (κ1) is 19.7. The molecule has 0 unspecified atom stereocenters. The molecule has 0 saturated carbocycles. The molecule has 0 aliphatic rings. The smallest absolute Gasteiger partial charge is 0.252 e. The first-order chi connectivity index (χ1) is 12.4. The monoisotopic (exact) mass is 356 g/mol. The maximum Gasteiger partial charge on any atom is 0.252 e. The molecule has 0 atom stereocenters. The van der Waals surface area contributed by atoms with Crippen molar-refractivity contribution in [2.75, 3.05) is 32.5 Å². The minimum absolute atomic E-state index is 0.0991. The van der Waals surface area contributed by atoms with Gasteiger partial charge < -0.3 is 20.3 Å². The fourth-order valence-electron chi connectivity index (χ4n) is 2.34. The van der Waals surface area contributed by atoms with Crippen LogP contribution in [0.5, 0.6) is 5.75 Å². The van der Waals surface area contributed by atoms with Crippen molar-refractivity contribution in [3.63, 3.8) is 0 Å². The Labute approximate surface area is 155 Å². The molecule has 0 bridgehead atoms. The third-order valence-electron chi connectivity index (χ3n) is 3.59. The highest BCUT2D eigenvalue weighted by Crippen LogP contribution is 2.19. The largest absolute Gasteiger partial charge is 0.491 e. The van der Waals surface area contributed by atoms with Crippen molar-refractivity contribution in [2.45, 2.75) is 26.4 Å². The van der Waals surface area contributed by atoms with Gasteiger partial charge in [-0.25, -0.2) is 4.98 Å². The minimum atomic E-state index is -0.0991. The first-order valence-corrected chi connectivity index (χ1v) is 8.87. The molecule has 2 N–H and O–H groups in total. The number of pyridine rings is 1. The predicted octanol–water partition coefficient (Wildman–Crippen LogP) is 3.29. The predicted molar refractivity (Wildman–Crippen MR) is 105 cm³/mol. The Bertz CT molecular complexity index is 682. The number of benzene rings is 1. The molecule has 1 amide bonds. The van der Waals surface area contributed by atoms with Gasteiger partial charge in [0.2, 0.25) is 0 Å². The van der Waals surface area contributed by atoms with Crippen molar-refractivity contribution >= 4 is 17.4 Å². The molecule has 0 spiro atoms. The molecular formula is C20H28N4O2. The second-order valence-corrected chi connectivity index (χ2v) is 6.66. The third kappa shape index (κ3) is 6.72. The van der Waals surface area contributed by atoms with Crippen LogP contribution in [0.3, 0.4) is 0 Å². The summed E-state index contributed by atoms with van der Waals surface area (Å²) in [7, 11) is 4.03. The summed E-state index contributed by atoms with van der Waals surface area (Å²) in [5, 5.41) is 6.12. The van der Waals surface area contributed by atoms with Crippen LogP contribution in [0.15, 0.2) is 42.6 Å². The van der Waals surface area contributed by atoms with Crippen LogP contribution in [0.25, 0.3) is 0 Å². The molecule has 1 heterocycles. The number of hydrogen-bond acceptors (Lipinski definition) is 5. The lowest BCUT2D eigenvalue weighted by molar-refractivity contribution is 0.0952. The van der Waals surface area contributed by atoms with Gasteiger partial charge in [0.05, 0.1) is 11.7 Å². The second-order valence-electron chi connectivity index (χ2n) is 6.66. The number of amides is 1. The fourth-order valence-corrected chi connectivity index (χ4v) is 2.34. The normalized spacial score (nSPS) is 10.8. The van der Waals surface area contributed by atoms with E-state index in [0.29, 0.717) is 17.9 Å². The molecule has 6 nitrogen and oxygen atoms in total. The Hall–Kier alpha value is -2.60. The topological polar surface area (TPSA) is 66.5 Å². The summed E-state index contributed by atoms with van der Waals surface area (Å²) in [5.41, 5.74) is 1.47. The summed E-state index contributed by atoms with van der Waals surface area (Å²) in [6.07, 6.45) is 2.65. The van der Waals surface area contributed by atoms with E-state index >= 15 is 0 Å². The molecule has 26 heavy (non-hydrogen) atoms. The summed E-state index contributed by atoms with van der Waals surface area (Å²) in [6, 6.07) is 11.3. The number of nitrogens with zero attached hydrogens (tertiary/aromatic N) is 2. The summed E-state index contributed by atoms with van der Waals surface area (Å²) < 4.78 is 5.62. The van der Waals surface area contributed by atoms with Crippen molar-refractivity contribution in [1.29, 1.82) is 0 Å². The zero-order valence-corrected chi connectivity index (χ0v) is 16.0.